The van der Waals surface area contributed by atoms with Gasteiger partial charge in [0.25, 0.3) is 0 Å². The summed E-state index contributed by atoms with van der Waals surface area (Å²) in [6.45, 7) is 1.28. The van der Waals surface area contributed by atoms with Crippen molar-refractivity contribution >= 4 is 32.3 Å². The minimum atomic E-state index is -3.68. The molecule has 0 spiro atoms. The Kier molecular flexibility index (Phi) is 7.02. The summed E-state index contributed by atoms with van der Waals surface area (Å²) in [6, 6.07) is 8.64. The number of benzene rings is 2. The molecule has 1 aromatic heterocycles. The smallest absolute Gasteiger partial charge is 0.202 e. The Bertz CT molecular complexity index is 1180. The monoisotopic (exact) mass is 448 g/mol. The molecule has 0 aliphatic rings. The molecule has 3 aromatic rings. The van der Waals surface area contributed by atoms with Gasteiger partial charge >= 0.3 is 0 Å². The lowest BCUT2D eigenvalue weighted by atomic mass is 10.2. The van der Waals surface area contributed by atoms with E-state index in [2.05, 4.69) is 16.2 Å². The molecule has 1 heterocycles. The number of hydrogen-bond acceptors (Lipinski definition) is 6. The van der Waals surface area contributed by atoms with E-state index in [0.717, 1.165) is 18.4 Å². The van der Waals surface area contributed by atoms with Gasteiger partial charge in [0.2, 0.25) is 9.84 Å². The van der Waals surface area contributed by atoms with Crippen LogP contribution in [0.1, 0.15) is 6.42 Å². The number of aromatic nitrogens is 2. The number of fused-ring (bicyclic) bond motifs is 1. The average molecular weight is 449 g/mol. The van der Waals surface area contributed by atoms with E-state index in [-0.39, 0.29) is 9.92 Å². The summed E-state index contributed by atoms with van der Waals surface area (Å²) in [5, 5.41) is 1.43. The highest BCUT2D eigenvalue weighted by atomic mass is 35.5. The van der Waals surface area contributed by atoms with Gasteiger partial charge in [-0.3, -0.25) is 0 Å². The van der Waals surface area contributed by atoms with Gasteiger partial charge < -0.3 is 9.64 Å². The number of rotatable bonds is 8. The Hall–Kier alpha value is -2.55. The van der Waals surface area contributed by atoms with Crippen molar-refractivity contribution < 1.29 is 17.5 Å². The minimum Gasteiger partial charge on any atom is -0.500 e. The first-order valence-electron chi connectivity index (χ1n) is 9.09. The standard InChI is InChI=1S/C21H20ClFN3O3S/c1-26(2)8-3-9-29-10-11-30(27,28)17-5-7-20-16(12-17)14-24-21(25-20)15-4-6-19(23)18(22)13-15/h4-7,10-13H,3,8-9H2,1-2H3/b11-10+. The lowest BCUT2D eigenvalue weighted by Gasteiger charge is -2.08. The van der Waals surface area contributed by atoms with Crippen LogP contribution in [0.15, 0.2) is 53.0 Å². The largest absolute Gasteiger partial charge is 0.500 e. The van der Waals surface area contributed by atoms with Crippen LogP contribution in [0.5, 0.6) is 0 Å². The third-order valence-electron chi connectivity index (χ3n) is 4.18. The van der Waals surface area contributed by atoms with E-state index in [0.29, 0.717) is 28.9 Å². The van der Waals surface area contributed by atoms with Crippen molar-refractivity contribution in [3.05, 3.63) is 65.1 Å². The van der Waals surface area contributed by atoms with Crippen molar-refractivity contribution in [3.63, 3.8) is 0 Å². The van der Waals surface area contributed by atoms with E-state index in [1.807, 2.05) is 19.0 Å². The fraction of sp³-hybridized carbons (Fsp3) is 0.238. The Balaban J connectivity index is 1.77. The molecule has 0 bridgehead atoms. The lowest BCUT2D eigenvalue weighted by Crippen LogP contribution is -2.14. The Morgan fingerprint density at radius 3 is 2.77 bits per heavy atom. The van der Waals surface area contributed by atoms with E-state index >= 15 is 0 Å². The molecule has 0 saturated carbocycles. The van der Waals surface area contributed by atoms with Crippen LogP contribution >= 0.6 is 11.6 Å². The second-order valence-corrected chi connectivity index (χ2v) is 9.05. The van der Waals surface area contributed by atoms with Crippen LogP contribution in [0.25, 0.3) is 22.3 Å². The molecule has 0 aliphatic heterocycles. The van der Waals surface area contributed by atoms with Crippen molar-refractivity contribution in [2.45, 2.75) is 11.3 Å². The van der Waals surface area contributed by atoms with Gasteiger partial charge in [-0.2, -0.15) is 0 Å². The molecule has 3 rings (SSSR count). The second-order valence-electron chi connectivity index (χ2n) is 6.81. The molecule has 6 nitrogen and oxygen atoms in total. The van der Waals surface area contributed by atoms with Gasteiger partial charge in [0.05, 0.1) is 33.7 Å². The fourth-order valence-electron chi connectivity index (χ4n) is 2.62. The van der Waals surface area contributed by atoms with Gasteiger partial charge in [-0.1, -0.05) is 11.6 Å². The van der Waals surface area contributed by atoms with Gasteiger partial charge in [0, 0.05) is 17.5 Å². The fourth-order valence-corrected chi connectivity index (χ4v) is 3.72. The topological polar surface area (TPSA) is 72.4 Å². The van der Waals surface area contributed by atoms with Crippen LogP contribution in [0, 0.1) is 12.0 Å². The molecular formula is C21H20ClFN3O3S. The number of sulfone groups is 1. The summed E-state index contributed by atoms with van der Waals surface area (Å²) < 4.78 is 43.6. The number of nitrogens with zero attached hydrogens (tertiary/aromatic N) is 3. The van der Waals surface area contributed by atoms with Crippen LogP contribution in [0.3, 0.4) is 0 Å². The van der Waals surface area contributed by atoms with Crippen LogP contribution in [-0.4, -0.2) is 50.5 Å². The predicted octanol–water partition coefficient (Wildman–Crippen LogP) is 4.10. The van der Waals surface area contributed by atoms with Crippen molar-refractivity contribution in [2.75, 3.05) is 27.2 Å². The summed E-state index contributed by atoms with van der Waals surface area (Å²) in [7, 11) is 0.235. The number of hydrogen-bond donors (Lipinski definition) is 0. The first-order chi connectivity index (χ1) is 14.3. The molecule has 0 atom stereocenters. The van der Waals surface area contributed by atoms with E-state index in [1.54, 1.807) is 6.07 Å². The van der Waals surface area contributed by atoms with Crippen LogP contribution < -0.4 is 0 Å². The molecule has 9 heteroatoms. The van der Waals surface area contributed by atoms with Crippen LogP contribution in [0.4, 0.5) is 4.39 Å². The molecule has 0 saturated heterocycles. The van der Waals surface area contributed by atoms with Gasteiger partial charge in [0.15, 0.2) is 5.82 Å². The molecule has 30 heavy (non-hydrogen) atoms. The van der Waals surface area contributed by atoms with E-state index in [4.69, 9.17) is 16.3 Å². The minimum absolute atomic E-state index is 0.0339. The maximum atomic E-state index is 13.4. The van der Waals surface area contributed by atoms with Gasteiger partial charge in [-0.15, -0.1) is 0 Å². The SMILES string of the molecule is CN(C)CCCO/C=C/S(=O)(=O)c1ccc2nc(-c3ccc(F)c(Cl)c3)n[c]c2c1. The second kappa shape index (κ2) is 9.51. The van der Waals surface area contributed by atoms with Gasteiger partial charge in [0.1, 0.15) is 12.0 Å². The van der Waals surface area contributed by atoms with Crippen molar-refractivity contribution in [1.82, 2.24) is 14.9 Å². The molecule has 0 aliphatic carbocycles. The predicted molar refractivity (Wildman–Crippen MR) is 114 cm³/mol. The maximum absolute atomic E-state index is 13.4. The molecular weight excluding hydrogens is 429 g/mol. The summed E-state index contributed by atoms with van der Waals surface area (Å²) in [5.41, 5.74) is 1.04. The van der Waals surface area contributed by atoms with E-state index < -0.39 is 15.7 Å². The maximum Gasteiger partial charge on any atom is 0.202 e. The van der Waals surface area contributed by atoms with Gasteiger partial charge in [-0.05, 0) is 56.9 Å². The quantitative estimate of drug-likeness (QED) is 0.381. The molecule has 0 unspecified atom stereocenters. The summed E-state index contributed by atoms with van der Waals surface area (Å²) in [5.74, 6) is -0.221. The lowest BCUT2D eigenvalue weighted by molar-refractivity contribution is 0.228. The average Bonchev–Trinajstić information content (AvgIpc) is 2.71. The molecule has 2 aromatic carbocycles. The van der Waals surface area contributed by atoms with Crippen molar-refractivity contribution in [2.24, 2.45) is 0 Å². The first-order valence-corrected chi connectivity index (χ1v) is 11.0. The highest BCUT2D eigenvalue weighted by Crippen LogP contribution is 2.25. The van der Waals surface area contributed by atoms with Crippen molar-refractivity contribution in [1.29, 1.82) is 0 Å². The zero-order valence-corrected chi connectivity index (χ0v) is 18.0. The molecule has 0 fully saturated rings. The number of ether oxygens (including phenoxy) is 1. The zero-order chi connectivity index (χ0) is 21.7. The van der Waals surface area contributed by atoms with Crippen molar-refractivity contribution in [3.8, 4) is 11.4 Å². The van der Waals surface area contributed by atoms with E-state index in [9.17, 15) is 12.8 Å². The van der Waals surface area contributed by atoms with E-state index in [1.165, 1.54) is 36.6 Å². The molecule has 1 radical (unpaired) electrons. The summed E-state index contributed by atoms with van der Waals surface area (Å²) >= 11 is 5.81. The van der Waals surface area contributed by atoms with Crippen LogP contribution in [-0.2, 0) is 14.6 Å². The van der Waals surface area contributed by atoms with Crippen LogP contribution in [0.2, 0.25) is 5.02 Å². The molecule has 0 N–H and O–H groups in total. The molecule has 157 valence electrons. The summed E-state index contributed by atoms with van der Waals surface area (Å²) in [4.78, 5) is 10.6. The van der Waals surface area contributed by atoms with Gasteiger partial charge in [-0.25, -0.2) is 22.8 Å². The summed E-state index contributed by atoms with van der Waals surface area (Å²) in [6.07, 6.45) is 4.77. The zero-order valence-electron chi connectivity index (χ0n) is 16.5. The number of halogens is 2. The highest BCUT2D eigenvalue weighted by molar-refractivity contribution is 7.94. The Morgan fingerprint density at radius 2 is 2.03 bits per heavy atom. The Labute approximate surface area is 179 Å². The Morgan fingerprint density at radius 1 is 1.23 bits per heavy atom. The normalized spacial score (nSPS) is 12.2. The molecule has 0 amide bonds. The third kappa shape index (κ3) is 5.53. The first kappa shape index (κ1) is 22.1. The highest BCUT2D eigenvalue weighted by Gasteiger charge is 2.13. The third-order valence-corrected chi connectivity index (χ3v) is 5.85.